The Labute approximate surface area is 236 Å². The van der Waals surface area contributed by atoms with Crippen LogP contribution < -0.4 is 9.46 Å². The predicted molar refractivity (Wildman–Crippen MR) is 154 cm³/mol. The molecule has 0 amide bonds. The molecule has 2 aromatic carbocycles. The van der Waals surface area contributed by atoms with E-state index in [1.807, 2.05) is 54.6 Å². The van der Waals surface area contributed by atoms with Crippen LogP contribution in [0.4, 0.5) is 5.13 Å². The van der Waals surface area contributed by atoms with Crippen LogP contribution in [0, 0.1) is 11.3 Å². The number of nitrogens with zero attached hydrogens (tertiary/aromatic N) is 5. The third-order valence-electron chi connectivity index (χ3n) is 6.33. The molecule has 11 heteroatoms. The second-order valence-corrected chi connectivity index (χ2v) is 11.4. The molecule has 1 N–H and O–H groups in total. The first-order valence-electron chi connectivity index (χ1n) is 12.4. The zero-order chi connectivity index (χ0) is 28.1. The van der Waals surface area contributed by atoms with Gasteiger partial charge in [-0.25, -0.2) is 13.4 Å². The topological polar surface area (TPSA) is 131 Å². The third-order valence-corrected chi connectivity index (χ3v) is 8.38. The molecule has 9 nitrogen and oxygen atoms in total. The van der Waals surface area contributed by atoms with Crippen molar-refractivity contribution in [3.63, 3.8) is 0 Å². The smallest absolute Gasteiger partial charge is 0.263 e. The van der Waals surface area contributed by atoms with Gasteiger partial charge in [0.15, 0.2) is 5.75 Å². The molecule has 3 heterocycles. The van der Waals surface area contributed by atoms with E-state index in [-0.39, 0.29) is 27.3 Å². The minimum atomic E-state index is -3.98. The number of nitrogens with one attached hydrogen (secondary N) is 1. The number of sulfonamides is 1. The van der Waals surface area contributed by atoms with Crippen molar-refractivity contribution in [1.29, 1.82) is 5.26 Å². The molecule has 0 aliphatic rings. The molecule has 200 valence electrons. The molecule has 3 aromatic heterocycles. The maximum Gasteiger partial charge on any atom is 0.263 e. The number of rotatable bonds is 9. The van der Waals surface area contributed by atoms with Crippen molar-refractivity contribution in [2.75, 3.05) is 4.72 Å². The van der Waals surface area contributed by atoms with Gasteiger partial charge in [-0.1, -0.05) is 44.2 Å². The second-order valence-electron chi connectivity index (χ2n) is 8.93. The summed E-state index contributed by atoms with van der Waals surface area (Å²) in [6.45, 7) is 4.24. The number of aromatic nitrogens is 4. The highest BCUT2D eigenvalue weighted by molar-refractivity contribution is 7.93. The summed E-state index contributed by atoms with van der Waals surface area (Å²) < 4.78 is 38.0. The van der Waals surface area contributed by atoms with Gasteiger partial charge in [0.1, 0.15) is 18.1 Å². The number of hydrogen-bond acceptors (Lipinski definition) is 9. The fourth-order valence-electron chi connectivity index (χ4n) is 3.97. The van der Waals surface area contributed by atoms with Gasteiger partial charge in [-0.05, 0) is 54.3 Å². The first kappa shape index (κ1) is 26.9. The summed E-state index contributed by atoms with van der Waals surface area (Å²) in [6, 6.07) is 21.8. The van der Waals surface area contributed by atoms with E-state index < -0.39 is 10.0 Å². The van der Waals surface area contributed by atoms with E-state index in [0.717, 1.165) is 46.0 Å². The lowest BCUT2D eigenvalue weighted by molar-refractivity contribution is 0.480. The molecule has 0 aliphatic carbocycles. The Bertz CT molecular complexity index is 1790. The highest BCUT2D eigenvalue weighted by Crippen LogP contribution is 2.38. The summed E-state index contributed by atoms with van der Waals surface area (Å²) in [7, 11) is -3.98. The van der Waals surface area contributed by atoms with Crippen LogP contribution in [0.25, 0.3) is 22.4 Å². The number of pyridine rings is 2. The van der Waals surface area contributed by atoms with Crippen molar-refractivity contribution in [2.24, 2.45) is 0 Å². The maximum atomic E-state index is 12.8. The summed E-state index contributed by atoms with van der Waals surface area (Å²) in [5.74, 6) is 0.886. The van der Waals surface area contributed by atoms with E-state index in [1.54, 1.807) is 12.4 Å². The lowest BCUT2D eigenvalue weighted by Gasteiger charge is -2.16. The van der Waals surface area contributed by atoms with E-state index in [2.05, 4.69) is 37.9 Å². The predicted octanol–water partition coefficient (Wildman–Crippen LogP) is 6.64. The molecule has 0 aliphatic heterocycles. The zero-order valence-corrected chi connectivity index (χ0v) is 23.3. The van der Waals surface area contributed by atoms with Gasteiger partial charge in [0.2, 0.25) is 5.13 Å². The van der Waals surface area contributed by atoms with Crippen molar-refractivity contribution in [2.45, 2.75) is 31.1 Å². The van der Waals surface area contributed by atoms with Crippen molar-refractivity contribution in [3.8, 4) is 40.0 Å². The highest BCUT2D eigenvalue weighted by atomic mass is 32.2. The van der Waals surface area contributed by atoms with Gasteiger partial charge in [-0.15, -0.1) is 0 Å². The van der Waals surface area contributed by atoms with Crippen LogP contribution in [0.5, 0.6) is 11.5 Å². The Balaban J connectivity index is 1.55. The minimum absolute atomic E-state index is 0.0493. The quantitative estimate of drug-likeness (QED) is 0.209. The minimum Gasteiger partial charge on any atom is -0.454 e. The first-order valence-corrected chi connectivity index (χ1v) is 14.7. The molecule has 0 radical (unpaired) electrons. The van der Waals surface area contributed by atoms with Gasteiger partial charge in [0.05, 0.1) is 22.3 Å². The number of hydrogen-bond donors (Lipinski definition) is 1. The van der Waals surface area contributed by atoms with Crippen LogP contribution in [0.2, 0.25) is 0 Å². The Morgan fingerprint density at radius 2 is 1.82 bits per heavy atom. The van der Waals surface area contributed by atoms with Crippen LogP contribution in [0.1, 0.15) is 37.4 Å². The Hall–Kier alpha value is -4.66. The van der Waals surface area contributed by atoms with Crippen LogP contribution in [0.15, 0.2) is 90.3 Å². The Morgan fingerprint density at radius 1 is 1.00 bits per heavy atom. The Morgan fingerprint density at radius 3 is 2.55 bits per heavy atom. The number of ether oxygens (including phenoxy) is 1. The molecule has 0 bridgehead atoms. The fraction of sp³-hybridized carbons (Fsp3) is 0.138. The zero-order valence-electron chi connectivity index (χ0n) is 21.6. The van der Waals surface area contributed by atoms with Crippen molar-refractivity contribution in [1.82, 2.24) is 19.3 Å². The lowest BCUT2D eigenvalue weighted by atomic mass is 9.98. The van der Waals surface area contributed by atoms with Crippen molar-refractivity contribution >= 4 is 26.7 Å². The van der Waals surface area contributed by atoms with Gasteiger partial charge in [0, 0.05) is 34.6 Å². The van der Waals surface area contributed by atoms with Crippen molar-refractivity contribution in [3.05, 3.63) is 96.7 Å². The van der Waals surface area contributed by atoms with E-state index in [1.165, 1.54) is 24.5 Å². The molecule has 0 saturated heterocycles. The standard InChI is InChI=1S/C29H24N6O3S2/c1-3-19(2)25-14-21(11-12-31-25)24-15-26(20-7-5-4-6-8-20)32-17-28(24)38-27-10-9-23(13-22(27)16-30)40(36,37)35-29-33-18-34-39-29/h4-15,17-19H,3H2,1-2H3,(H,33,34,35). The van der Waals surface area contributed by atoms with Crippen LogP contribution >= 0.6 is 11.5 Å². The van der Waals surface area contributed by atoms with Crippen LogP contribution in [-0.2, 0) is 10.0 Å². The van der Waals surface area contributed by atoms with E-state index in [0.29, 0.717) is 5.75 Å². The summed E-state index contributed by atoms with van der Waals surface area (Å²) in [6.07, 6.45) is 5.59. The third kappa shape index (κ3) is 5.83. The van der Waals surface area contributed by atoms with E-state index >= 15 is 0 Å². The Kier molecular flexibility index (Phi) is 7.82. The molecule has 40 heavy (non-hydrogen) atoms. The monoisotopic (exact) mass is 568 g/mol. The summed E-state index contributed by atoms with van der Waals surface area (Å²) in [4.78, 5) is 12.9. The molecule has 0 fully saturated rings. The first-order chi connectivity index (χ1) is 19.4. The lowest BCUT2D eigenvalue weighted by Crippen LogP contribution is -2.13. The summed E-state index contributed by atoms with van der Waals surface area (Å²) in [5, 5.41) is 9.98. The second kappa shape index (κ2) is 11.6. The average molecular weight is 569 g/mol. The molecular weight excluding hydrogens is 544 g/mol. The number of nitriles is 1. The molecule has 0 spiro atoms. The molecule has 1 atom stereocenters. The molecule has 1 unspecified atom stereocenters. The molecule has 5 rings (SSSR count). The van der Waals surface area contributed by atoms with E-state index in [9.17, 15) is 13.7 Å². The van der Waals surface area contributed by atoms with Crippen LogP contribution in [-0.4, -0.2) is 27.7 Å². The van der Waals surface area contributed by atoms with Gasteiger partial charge in [-0.3, -0.25) is 14.7 Å². The number of benzene rings is 2. The van der Waals surface area contributed by atoms with Gasteiger partial charge >= 0.3 is 0 Å². The molecular formula is C29H24N6O3S2. The highest BCUT2D eigenvalue weighted by Gasteiger charge is 2.20. The maximum absolute atomic E-state index is 12.8. The normalized spacial score (nSPS) is 11.9. The van der Waals surface area contributed by atoms with Crippen LogP contribution in [0.3, 0.4) is 0 Å². The fourth-order valence-corrected chi connectivity index (χ4v) is 5.66. The molecule has 0 saturated carbocycles. The SMILES string of the molecule is CCC(C)c1cc(-c2cc(-c3ccccc3)ncc2Oc2ccc(S(=O)(=O)Nc3ncns3)cc2C#N)ccn1. The number of anilines is 1. The molecule has 5 aromatic rings. The van der Waals surface area contributed by atoms with Gasteiger partial charge in [-0.2, -0.15) is 9.64 Å². The summed E-state index contributed by atoms with van der Waals surface area (Å²) in [5.41, 5.74) is 4.36. The van der Waals surface area contributed by atoms with E-state index in [4.69, 9.17) is 4.74 Å². The van der Waals surface area contributed by atoms with Gasteiger partial charge < -0.3 is 4.74 Å². The van der Waals surface area contributed by atoms with Gasteiger partial charge in [0.25, 0.3) is 10.0 Å². The average Bonchev–Trinajstić information content (AvgIpc) is 3.50. The van der Waals surface area contributed by atoms with Crippen molar-refractivity contribution < 1.29 is 13.2 Å². The largest absolute Gasteiger partial charge is 0.454 e. The summed E-state index contributed by atoms with van der Waals surface area (Å²) >= 11 is 0.910.